The first kappa shape index (κ1) is 19.5. The molecule has 0 aliphatic rings. The van der Waals surface area contributed by atoms with Crippen molar-refractivity contribution in [3.05, 3.63) is 44.8 Å². The quantitative estimate of drug-likeness (QED) is 0.571. The van der Waals surface area contributed by atoms with Gasteiger partial charge in [0.25, 0.3) is 0 Å². The highest BCUT2D eigenvalue weighted by molar-refractivity contribution is 5.55. The summed E-state index contributed by atoms with van der Waals surface area (Å²) < 4.78 is 15.9. The third-order valence-electron chi connectivity index (χ3n) is 3.08. The number of aromatic nitrogens is 2. The van der Waals surface area contributed by atoms with Gasteiger partial charge in [-0.15, -0.1) is 0 Å². The van der Waals surface area contributed by atoms with Crippen LogP contribution < -0.4 is 30.7 Å². The largest absolute Gasteiger partial charge is 0.493 e. The molecule has 11 nitrogen and oxygen atoms in total. The first-order chi connectivity index (χ1) is 11.8. The Morgan fingerprint density at radius 3 is 2.04 bits per heavy atom. The van der Waals surface area contributed by atoms with Crippen LogP contribution >= 0.6 is 0 Å². The highest BCUT2D eigenvalue weighted by atomic mass is 16.9. The molecule has 1 heterocycles. The van der Waals surface area contributed by atoms with Gasteiger partial charge in [0, 0.05) is 12.0 Å². The van der Waals surface area contributed by atoms with Gasteiger partial charge >= 0.3 is 5.95 Å². The van der Waals surface area contributed by atoms with E-state index in [2.05, 4.69) is 9.97 Å². The van der Waals surface area contributed by atoms with Gasteiger partial charge in [-0.3, -0.25) is 5.73 Å². The number of methoxy groups -OCH3 is 3. The van der Waals surface area contributed by atoms with Crippen molar-refractivity contribution in [2.24, 2.45) is 0 Å². The van der Waals surface area contributed by atoms with E-state index in [9.17, 15) is 0 Å². The van der Waals surface area contributed by atoms with Crippen LogP contribution in [0, 0.1) is 15.3 Å². The summed E-state index contributed by atoms with van der Waals surface area (Å²) in [5.74, 6) is 2.41. The number of benzene rings is 1. The van der Waals surface area contributed by atoms with Crippen molar-refractivity contribution in [2.75, 3.05) is 32.8 Å². The molecule has 0 atom stereocenters. The van der Waals surface area contributed by atoms with Crippen molar-refractivity contribution in [3.8, 4) is 17.2 Å². The fourth-order valence-corrected chi connectivity index (χ4v) is 2.07. The van der Waals surface area contributed by atoms with E-state index in [1.54, 1.807) is 27.5 Å². The van der Waals surface area contributed by atoms with Crippen LogP contribution in [-0.2, 0) is 6.42 Å². The number of nitrogens with two attached hydrogens (primary N) is 2. The topological polar surface area (TPSA) is 173 Å². The predicted molar refractivity (Wildman–Crippen MR) is 88.9 cm³/mol. The Morgan fingerprint density at radius 2 is 1.64 bits per heavy atom. The molecule has 0 aliphatic carbocycles. The second kappa shape index (κ2) is 8.96. The Hall–Kier alpha value is -3.50. The lowest BCUT2D eigenvalue weighted by atomic mass is 10.1. The van der Waals surface area contributed by atoms with Crippen LogP contribution in [-0.4, -0.2) is 31.4 Å². The average Bonchev–Trinajstić information content (AvgIpc) is 2.55. The van der Waals surface area contributed by atoms with Crippen molar-refractivity contribution >= 4 is 11.8 Å². The fraction of sp³-hybridized carbons (Fsp3) is 0.286. The molecule has 5 N–H and O–H groups in total. The lowest BCUT2D eigenvalue weighted by Crippen LogP contribution is -2.16. The summed E-state index contributed by atoms with van der Waals surface area (Å²) in [5, 5.41) is 14.8. The summed E-state index contributed by atoms with van der Waals surface area (Å²) in [4.78, 5) is 15.1. The number of aromatic amines is 1. The van der Waals surface area contributed by atoms with Gasteiger partial charge in [0.05, 0.1) is 32.6 Å². The molecule has 0 fully saturated rings. The van der Waals surface area contributed by atoms with E-state index in [1.807, 2.05) is 12.1 Å². The van der Waals surface area contributed by atoms with Gasteiger partial charge in [0.1, 0.15) is 0 Å². The number of rotatable bonds is 5. The maximum Gasteiger partial charge on any atom is 0.388 e. The van der Waals surface area contributed by atoms with Gasteiger partial charge in [0.2, 0.25) is 11.6 Å². The minimum absolute atomic E-state index is 0.279. The van der Waals surface area contributed by atoms with Gasteiger partial charge < -0.3 is 35.3 Å². The Kier molecular flexibility index (Phi) is 7.00. The molecule has 0 unspecified atom stereocenters. The second-order valence-corrected chi connectivity index (χ2v) is 4.63. The Bertz CT molecular complexity index is 711. The van der Waals surface area contributed by atoms with Crippen molar-refractivity contribution in [3.63, 3.8) is 0 Å². The molecule has 0 spiro atoms. The van der Waals surface area contributed by atoms with Gasteiger partial charge in [-0.1, -0.05) is 4.98 Å². The van der Waals surface area contributed by atoms with Gasteiger partial charge in [0.15, 0.2) is 11.5 Å². The number of nitrogens with zero attached hydrogens (tertiary/aromatic N) is 2. The predicted octanol–water partition coefficient (Wildman–Crippen LogP) is 0.438. The minimum Gasteiger partial charge on any atom is -0.493 e. The summed E-state index contributed by atoms with van der Waals surface area (Å²) in [7, 11) is 4.72. The molecule has 0 radical (unpaired) electrons. The highest BCUT2D eigenvalue weighted by Crippen LogP contribution is 2.38. The summed E-state index contributed by atoms with van der Waals surface area (Å²) >= 11 is 0. The van der Waals surface area contributed by atoms with Crippen LogP contribution in [0.3, 0.4) is 0 Å². The number of hydrogen-bond acceptors (Lipinski definition) is 9. The molecule has 0 saturated carbocycles. The molecule has 1 aromatic heterocycles. The highest BCUT2D eigenvalue weighted by Gasteiger charge is 2.15. The number of ether oxygens (including phenoxy) is 3. The van der Waals surface area contributed by atoms with E-state index in [4.69, 9.17) is 41.0 Å². The Morgan fingerprint density at radius 1 is 1.12 bits per heavy atom. The summed E-state index contributed by atoms with van der Waals surface area (Å²) in [6.07, 6.45) is 2.30. The van der Waals surface area contributed by atoms with Crippen molar-refractivity contribution in [1.29, 1.82) is 0 Å². The van der Waals surface area contributed by atoms with Gasteiger partial charge in [-0.2, -0.15) is 0 Å². The average molecular weight is 353 g/mol. The fourth-order valence-electron chi connectivity index (χ4n) is 2.07. The van der Waals surface area contributed by atoms with E-state index in [1.165, 1.54) is 0 Å². The monoisotopic (exact) mass is 353 g/mol. The third kappa shape index (κ3) is 5.57. The summed E-state index contributed by atoms with van der Waals surface area (Å²) in [6, 6.07) is 3.74. The van der Waals surface area contributed by atoms with E-state index in [-0.39, 0.29) is 5.95 Å². The standard InChI is InChI=1S/C14H18N4O3.NO3/c1-19-10-5-8(6-11(20-2)12(10)21-3)4-9-7-17-14(16)18-13(9)15;2-1(3)4/h5-7H,4H2,1-3H3,(H4,15,16,17,18);/q;-1/p+1. The van der Waals surface area contributed by atoms with Crippen LogP contribution in [0.15, 0.2) is 18.3 Å². The molecule has 136 valence electrons. The van der Waals surface area contributed by atoms with Crippen molar-refractivity contribution in [1.82, 2.24) is 4.98 Å². The van der Waals surface area contributed by atoms with E-state index in [0.29, 0.717) is 29.5 Å². The van der Waals surface area contributed by atoms with Crippen LogP contribution in [0.25, 0.3) is 0 Å². The van der Waals surface area contributed by atoms with E-state index in [0.717, 1.165) is 11.1 Å². The smallest absolute Gasteiger partial charge is 0.388 e. The zero-order valence-corrected chi connectivity index (χ0v) is 13.9. The minimum atomic E-state index is -1.75. The normalized spacial score (nSPS) is 9.56. The van der Waals surface area contributed by atoms with Crippen molar-refractivity contribution < 1.29 is 24.3 Å². The first-order valence-corrected chi connectivity index (χ1v) is 6.85. The molecular formula is C14H19N5O6. The molecule has 0 aliphatic heterocycles. The maximum absolute atomic E-state index is 8.25. The van der Waals surface area contributed by atoms with E-state index < -0.39 is 5.09 Å². The number of nitrogen functional groups attached to an aromatic ring is 2. The summed E-state index contributed by atoms with van der Waals surface area (Å²) in [6.45, 7) is 0. The zero-order valence-electron chi connectivity index (χ0n) is 13.9. The van der Waals surface area contributed by atoms with Gasteiger partial charge in [-0.25, -0.2) is 4.98 Å². The lowest BCUT2D eigenvalue weighted by Gasteiger charge is -2.14. The number of anilines is 2. The maximum atomic E-state index is 8.25. The molecule has 0 amide bonds. The molecule has 11 heteroatoms. The molecule has 1 aromatic carbocycles. The molecule has 25 heavy (non-hydrogen) atoms. The lowest BCUT2D eigenvalue weighted by molar-refractivity contribution is -0.402. The van der Waals surface area contributed by atoms with Crippen LogP contribution in [0.5, 0.6) is 17.2 Å². The number of hydrogen-bond donors (Lipinski definition) is 2. The van der Waals surface area contributed by atoms with Crippen LogP contribution in [0.1, 0.15) is 11.1 Å². The third-order valence-corrected chi connectivity index (χ3v) is 3.08. The zero-order chi connectivity index (χ0) is 19.0. The van der Waals surface area contributed by atoms with Crippen LogP contribution in [0.2, 0.25) is 0 Å². The Labute approximate surface area is 143 Å². The molecular weight excluding hydrogens is 334 g/mol. The molecule has 2 aromatic rings. The Balaban J connectivity index is 0.000000705. The molecule has 0 bridgehead atoms. The number of nitrogens with one attached hydrogen (secondary N) is 1. The SMILES string of the molecule is COc1cc(Cc2c[nH+]c(N)nc2N)cc(OC)c1OC.O=[N+]([O-])[O-]. The molecule has 0 saturated heterocycles. The first-order valence-electron chi connectivity index (χ1n) is 6.85. The molecule has 2 rings (SSSR count). The second-order valence-electron chi connectivity index (χ2n) is 4.63. The van der Waals surface area contributed by atoms with Crippen molar-refractivity contribution in [2.45, 2.75) is 6.42 Å². The summed E-state index contributed by atoms with van der Waals surface area (Å²) in [5.41, 5.74) is 13.2. The van der Waals surface area contributed by atoms with E-state index >= 15 is 0 Å². The number of H-pyrrole nitrogens is 1. The van der Waals surface area contributed by atoms with Crippen LogP contribution in [0.4, 0.5) is 11.8 Å². The van der Waals surface area contributed by atoms with Gasteiger partial charge in [-0.05, 0) is 17.7 Å².